The zero-order valence-corrected chi connectivity index (χ0v) is 7.13. The molecule has 0 aliphatic rings. The Kier molecular flexibility index (Phi) is 2.00. The van der Waals surface area contributed by atoms with E-state index in [4.69, 9.17) is 5.26 Å². The summed E-state index contributed by atoms with van der Waals surface area (Å²) in [7, 11) is 0. The van der Waals surface area contributed by atoms with E-state index in [1.165, 1.54) is 0 Å². The van der Waals surface area contributed by atoms with E-state index in [2.05, 4.69) is 19.9 Å². The zero-order chi connectivity index (χ0) is 8.43. The molecule has 1 aromatic rings. The Labute approximate surface area is 67.1 Å². The summed E-state index contributed by atoms with van der Waals surface area (Å²) >= 11 is 0. The summed E-state index contributed by atoms with van der Waals surface area (Å²) in [5.74, 6) is 0. The smallest absolute Gasteiger partial charge is 0.120 e. The topological polar surface area (TPSA) is 28.7 Å². The Hall–Kier alpha value is -1.23. The first-order valence-electron chi connectivity index (χ1n) is 3.74. The average molecular weight is 148 g/mol. The Morgan fingerprint density at radius 1 is 1.45 bits per heavy atom. The molecule has 0 unspecified atom stereocenters. The highest BCUT2D eigenvalue weighted by atomic mass is 15.0. The molecule has 2 heteroatoms. The first kappa shape index (κ1) is 7.87. The lowest BCUT2D eigenvalue weighted by Gasteiger charge is -2.11. The number of nitriles is 1. The van der Waals surface area contributed by atoms with Crippen molar-refractivity contribution in [3.05, 3.63) is 23.5 Å². The molecule has 58 valence electrons. The van der Waals surface area contributed by atoms with Crippen molar-refractivity contribution in [3.8, 4) is 6.07 Å². The highest BCUT2D eigenvalue weighted by Crippen LogP contribution is 2.13. The number of hydrogen-bond donors (Lipinski definition) is 0. The van der Waals surface area contributed by atoms with Crippen LogP contribution in [0.25, 0.3) is 0 Å². The molecule has 0 aliphatic carbocycles. The predicted molar refractivity (Wildman–Crippen MR) is 44.3 cm³/mol. The highest BCUT2D eigenvalue weighted by molar-refractivity contribution is 5.26. The standard InChI is InChI=1S/C9H12N2/c1-7(2)11-8(3)4-5-9(11)6-10/h4-5,7H,1-3H3. The molecular formula is C9H12N2. The van der Waals surface area contributed by atoms with E-state index in [-0.39, 0.29) is 0 Å². The van der Waals surface area contributed by atoms with Crippen molar-refractivity contribution in [1.29, 1.82) is 5.26 Å². The molecule has 0 N–H and O–H groups in total. The molecule has 1 aromatic heterocycles. The van der Waals surface area contributed by atoms with Crippen LogP contribution in [0.15, 0.2) is 12.1 Å². The van der Waals surface area contributed by atoms with Gasteiger partial charge in [-0.1, -0.05) is 0 Å². The first-order chi connectivity index (χ1) is 5.16. The summed E-state index contributed by atoms with van der Waals surface area (Å²) in [6.45, 7) is 6.17. The Balaban J connectivity index is 3.21. The number of rotatable bonds is 1. The van der Waals surface area contributed by atoms with Gasteiger partial charge < -0.3 is 4.57 Å². The first-order valence-corrected chi connectivity index (χ1v) is 3.74. The summed E-state index contributed by atoms with van der Waals surface area (Å²) in [5.41, 5.74) is 1.90. The van der Waals surface area contributed by atoms with Crippen molar-refractivity contribution in [2.75, 3.05) is 0 Å². The van der Waals surface area contributed by atoms with Gasteiger partial charge in [0.25, 0.3) is 0 Å². The van der Waals surface area contributed by atoms with Crippen LogP contribution >= 0.6 is 0 Å². The van der Waals surface area contributed by atoms with Crippen molar-refractivity contribution in [3.63, 3.8) is 0 Å². The van der Waals surface area contributed by atoms with Crippen LogP contribution in [-0.2, 0) is 0 Å². The van der Waals surface area contributed by atoms with Crippen LogP contribution in [0.2, 0.25) is 0 Å². The van der Waals surface area contributed by atoms with E-state index in [1.807, 2.05) is 23.6 Å². The lowest BCUT2D eigenvalue weighted by molar-refractivity contribution is 0.583. The molecule has 0 atom stereocenters. The van der Waals surface area contributed by atoms with Crippen LogP contribution in [0.4, 0.5) is 0 Å². The van der Waals surface area contributed by atoms with E-state index in [0.717, 1.165) is 11.4 Å². The fourth-order valence-electron chi connectivity index (χ4n) is 1.33. The minimum Gasteiger partial charge on any atom is -0.334 e. The van der Waals surface area contributed by atoms with Gasteiger partial charge in [-0.3, -0.25) is 0 Å². The van der Waals surface area contributed by atoms with Gasteiger partial charge in [-0.2, -0.15) is 5.26 Å². The fourth-order valence-corrected chi connectivity index (χ4v) is 1.33. The number of nitrogens with zero attached hydrogens (tertiary/aromatic N) is 2. The maximum absolute atomic E-state index is 8.71. The van der Waals surface area contributed by atoms with Gasteiger partial charge in [0.1, 0.15) is 11.8 Å². The number of aryl methyl sites for hydroxylation is 1. The Morgan fingerprint density at radius 3 is 2.45 bits per heavy atom. The molecule has 1 heterocycles. The summed E-state index contributed by atoms with van der Waals surface area (Å²) < 4.78 is 2.03. The Morgan fingerprint density at radius 2 is 2.09 bits per heavy atom. The van der Waals surface area contributed by atoms with E-state index in [1.54, 1.807) is 0 Å². The van der Waals surface area contributed by atoms with Gasteiger partial charge in [-0.05, 0) is 32.9 Å². The van der Waals surface area contributed by atoms with Crippen molar-refractivity contribution >= 4 is 0 Å². The van der Waals surface area contributed by atoms with E-state index in [9.17, 15) is 0 Å². The highest BCUT2D eigenvalue weighted by Gasteiger charge is 2.05. The van der Waals surface area contributed by atoms with Gasteiger partial charge in [0.05, 0.1) is 0 Å². The molecule has 0 fully saturated rings. The van der Waals surface area contributed by atoms with Crippen LogP contribution in [0.3, 0.4) is 0 Å². The molecular weight excluding hydrogens is 136 g/mol. The van der Waals surface area contributed by atoms with Gasteiger partial charge in [0.2, 0.25) is 0 Å². The van der Waals surface area contributed by atoms with Crippen LogP contribution in [0.5, 0.6) is 0 Å². The maximum atomic E-state index is 8.71. The summed E-state index contributed by atoms with van der Waals surface area (Å²) in [4.78, 5) is 0. The van der Waals surface area contributed by atoms with E-state index >= 15 is 0 Å². The van der Waals surface area contributed by atoms with E-state index in [0.29, 0.717) is 6.04 Å². The zero-order valence-electron chi connectivity index (χ0n) is 7.13. The quantitative estimate of drug-likeness (QED) is 0.600. The molecule has 0 saturated heterocycles. The van der Waals surface area contributed by atoms with Gasteiger partial charge in [-0.25, -0.2) is 0 Å². The third kappa shape index (κ3) is 1.27. The van der Waals surface area contributed by atoms with Crippen LogP contribution in [-0.4, -0.2) is 4.57 Å². The van der Waals surface area contributed by atoms with Crippen LogP contribution < -0.4 is 0 Å². The van der Waals surface area contributed by atoms with Gasteiger partial charge in [-0.15, -0.1) is 0 Å². The van der Waals surface area contributed by atoms with Crippen molar-refractivity contribution < 1.29 is 0 Å². The third-order valence-corrected chi connectivity index (χ3v) is 1.75. The molecule has 0 aromatic carbocycles. The molecule has 0 amide bonds. The van der Waals surface area contributed by atoms with Crippen molar-refractivity contribution in [2.45, 2.75) is 26.8 Å². The molecule has 0 spiro atoms. The normalized spacial score (nSPS) is 10.1. The SMILES string of the molecule is Cc1ccc(C#N)n1C(C)C. The van der Waals surface area contributed by atoms with E-state index < -0.39 is 0 Å². The maximum Gasteiger partial charge on any atom is 0.120 e. The molecule has 0 saturated carbocycles. The predicted octanol–water partition coefficient (Wildman–Crippen LogP) is 2.25. The summed E-state index contributed by atoms with van der Waals surface area (Å²) in [6, 6.07) is 6.36. The third-order valence-electron chi connectivity index (χ3n) is 1.75. The molecule has 2 nitrogen and oxygen atoms in total. The number of aromatic nitrogens is 1. The monoisotopic (exact) mass is 148 g/mol. The molecule has 0 aliphatic heterocycles. The van der Waals surface area contributed by atoms with Gasteiger partial charge >= 0.3 is 0 Å². The van der Waals surface area contributed by atoms with Gasteiger partial charge in [0, 0.05) is 11.7 Å². The minimum absolute atomic E-state index is 0.375. The molecule has 11 heavy (non-hydrogen) atoms. The molecule has 1 rings (SSSR count). The fraction of sp³-hybridized carbons (Fsp3) is 0.444. The largest absolute Gasteiger partial charge is 0.334 e. The lowest BCUT2D eigenvalue weighted by atomic mass is 10.3. The molecule has 0 radical (unpaired) electrons. The molecule has 0 bridgehead atoms. The van der Waals surface area contributed by atoms with Crippen molar-refractivity contribution in [2.24, 2.45) is 0 Å². The second kappa shape index (κ2) is 2.79. The lowest BCUT2D eigenvalue weighted by Crippen LogP contribution is -2.04. The second-order valence-electron chi connectivity index (χ2n) is 2.94. The van der Waals surface area contributed by atoms with Crippen molar-refractivity contribution in [1.82, 2.24) is 4.57 Å². The second-order valence-corrected chi connectivity index (χ2v) is 2.94. The van der Waals surface area contributed by atoms with Crippen LogP contribution in [0, 0.1) is 18.3 Å². The van der Waals surface area contributed by atoms with Gasteiger partial charge in [0.15, 0.2) is 0 Å². The van der Waals surface area contributed by atoms with Crippen LogP contribution in [0.1, 0.15) is 31.3 Å². The average Bonchev–Trinajstić information content (AvgIpc) is 2.30. The number of hydrogen-bond acceptors (Lipinski definition) is 1. The Bertz CT molecular complexity index is 289. The summed E-state index contributed by atoms with van der Waals surface area (Å²) in [5, 5.41) is 8.71. The minimum atomic E-state index is 0.375. The summed E-state index contributed by atoms with van der Waals surface area (Å²) in [6.07, 6.45) is 0.